The van der Waals surface area contributed by atoms with Crippen molar-refractivity contribution in [3.63, 3.8) is 0 Å². The molecule has 10 heteroatoms. The molecule has 8 nitrogen and oxygen atoms in total. The molecule has 1 saturated heterocycles. The van der Waals surface area contributed by atoms with Gasteiger partial charge in [-0.1, -0.05) is 18.2 Å². The summed E-state index contributed by atoms with van der Waals surface area (Å²) in [6, 6.07) is 15.7. The summed E-state index contributed by atoms with van der Waals surface area (Å²) in [6.45, 7) is 0.586. The summed E-state index contributed by atoms with van der Waals surface area (Å²) >= 11 is 0. The Morgan fingerprint density at radius 3 is 2.83 bits per heavy atom. The van der Waals surface area contributed by atoms with E-state index >= 15 is 0 Å². The van der Waals surface area contributed by atoms with Crippen LogP contribution < -0.4 is 10.1 Å². The van der Waals surface area contributed by atoms with E-state index in [9.17, 15) is 8.78 Å². The van der Waals surface area contributed by atoms with Crippen molar-refractivity contribution in [2.45, 2.75) is 25.3 Å². The third-order valence-corrected chi connectivity index (χ3v) is 7.59. The van der Waals surface area contributed by atoms with Gasteiger partial charge >= 0.3 is 0 Å². The molecule has 0 aliphatic carbocycles. The number of anilines is 1. The molecule has 2 aliphatic heterocycles. The van der Waals surface area contributed by atoms with Gasteiger partial charge < -0.3 is 10.1 Å². The highest BCUT2D eigenvalue weighted by Crippen LogP contribution is 2.36. The van der Waals surface area contributed by atoms with Crippen LogP contribution in [0.4, 0.5) is 14.5 Å². The number of allylic oxidation sites excluding steroid dienone is 1. The van der Waals surface area contributed by atoms with Gasteiger partial charge in [-0.15, -0.1) is 0 Å². The van der Waals surface area contributed by atoms with Gasteiger partial charge in [0.1, 0.15) is 17.0 Å². The summed E-state index contributed by atoms with van der Waals surface area (Å²) in [5.74, 6) is -1.84. The average molecular weight is 552 g/mol. The number of hydrogen-bond donors (Lipinski definition) is 2. The van der Waals surface area contributed by atoms with Crippen LogP contribution in [0.3, 0.4) is 0 Å². The second-order valence-corrected chi connectivity index (χ2v) is 10.4. The van der Waals surface area contributed by atoms with Crippen LogP contribution in [0.25, 0.3) is 39.2 Å². The second-order valence-electron chi connectivity index (χ2n) is 10.4. The fourth-order valence-electron chi connectivity index (χ4n) is 5.55. The molecule has 5 aromatic rings. The Labute approximate surface area is 235 Å². The van der Waals surface area contributed by atoms with E-state index in [1.807, 2.05) is 48.5 Å². The van der Waals surface area contributed by atoms with E-state index in [2.05, 4.69) is 31.6 Å². The van der Waals surface area contributed by atoms with Crippen LogP contribution in [0.15, 0.2) is 73.2 Å². The number of rotatable bonds is 6. The van der Waals surface area contributed by atoms with E-state index in [0.29, 0.717) is 19.5 Å². The quantitative estimate of drug-likeness (QED) is 0.270. The van der Waals surface area contributed by atoms with E-state index in [1.165, 1.54) is 0 Å². The summed E-state index contributed by atoms with van der Waals surface area (Å²) in [7, 11) is 1.66. The minimum Gasteiger partial charge on any atom is -0.497 e. The van der Waals surface area contributed by atoms with Gasteiger partial charge in [0, 0.05) is 60.5 Å². The molecule has 0 bridgehead atoms. The Hall–Kier alpha value is -4.70. The van der Waals surface area contributed by atoms with E-state index in [0.717, 1.165) is 67.5 Å². The van der Waals surface area contributed by atoms with Crippen LogP contribution in [-0.4, -0.2) is 56.2 Å². The van der Waals surface area contributed by atoms with E-state index in [4.69, 9.17) is 9.72 Å². The molecule has 7 rings (SSSR count). The zero-order valence-corrected chi connectivity index (χ0v) is 22.4. The third-order valence-electron chi connectivity index (χ3n) is 7.59. The standard InChI is InChI=1S/C31H27F2N7O/c1-41-22-4-2-3-20(14-22)28-23-5-6-26(36-25(23)9-11-35-28)30-29-27(38-39-30)8-7-24(37-29)21-13-19(15-34-16-21)17-40-12-10-31(32,33)18-40/h2-4,6-9,11,13-16,36H,5,10,12,17-18H2,1H3,(H,38,39). The Morgan fingerprint density at radius 1 is 1.05 bits per heavy atom. The molecule has 0 saturated carbocycles. The van der Waals surface area contributed by atoms with Crippen LogP contribution in [0.1, 0.15) is 23.2 Å². The molecule has 2 N–H and O–H groups in total. The lowest BCUT2D eigenvalue weighted by molar-refractivity contribution is 0.0115. The topological polar surface area (TPSA) is 91.9 Å². The molecule has 0 radical (unpaired) electrons. The lowest BCUT2D eigenvalue weighted by atomic mass is 9.98. The molecule has 41 heavy (non-hydrogen) atoms. The van der Waals surface area contributed by atoms with Gasteiger partial charge in [0.15, 0.2) is 0 Å². The number of methoxy groups -OCH3 is 1. The number of pyridine rings is 3. The SMILES string of the molecule is COc1cccc(-c2nccc3c2CC=C(c2n[nH]c4ccc(-c5cncc(CN6CCC(F)(F)C6)c5)nc24)N3)c1. The minimum absolute atomic E-state index is 0.102. The van der Waals surface area contributed by atoms with Crippen molar-refractivity contribution in [3.05, 3.63) is 90.0 Å². The highest BCUT2D eigenvalue weighted by molar-refractivity contribution is 5.93. The van der Waals surface area contributed by atoms with Crippen LogP contribution >= 0.6 is 0 Å². The molecule has 0 amide bonds. The molecule has 0 atom stereocenters. The Kier molecular flexibility index (Phi) is 6.19. The fraction of sp³-hybridized carbons (Fsp3) is 0.226. The molecule has 1 aromatic carbocycles. The molecule has 2 aliphatic rings. The maximum atomic E-state index is 13.7. The molecular formula is C31H27F2N7O. The Bertz CT molecular complexity index is 1800. The monoisotopic (exact) mass is 551 g/mol. The normalized spacial score (nSPS) is 16.3. The number of nitrogens with one attached hydrogen (secondary N) is 2. The lowest BCUT2D eigenvalue weighted by Crippen LogP contribution is -2.24. The summed E-state index contributed by atoms with van der Waals surface area (Å²) in [5.41, 5.74) is 9.52. The average Bonchev–Trinajstić information content (AvgIpc) is 3.58. The number of aromatic nitrogens is 5. The van der Waals surface area contributed by atoms with Gasteiger partial charge in [-0.3, -0.25) is 20.0 Å². The first-order valence-electron chi connectivity index (χ1n) is 13.5. The van der Waals surface area contributed by atoms with Crippen LogP contribution in [0.5, 0.6) is 5.75 Å². The zero-order valence-electron chi connectivity index (χ0n) is 22.4. The summed E-state index contributed by atoms with van der Waals surface area (Å²) < 4.78 is 32.7. The first kappa shape index (κ1) is 25.3. The van der Waals surface area contributed by atoms with Crippen LogP contribution in [0, 0.1) is 0 Å². The van der Waals surface area contributed by atoms with Crippen molar-refractivity contribution in [3.8, 4) is 28.3 Å². The number of fused-ring (bicyclic) bond motifs is 2. The van der Waals surface area contributed by atoms with Gasteiger partial charge in [0.05, 0.1) is 36.3 Å². The number of aromatic amines is 1. The molecule has 6 heterocycles. The summed E-state index contributed by atoms with van der Waals surface area (Å²) in [4.78, 5) is 15.7. The van der Waals surface area contributed by atoms with E-state index < -0.39 is 5.92 Å². The van der Waals surface area contributed by atoms with Crippen molar-refractivity contribution < 1.29 is 13.5 Å². The van der Waals surface area contributed by atoms with Crippen LogP contribution in [0.2, 0.25) is 0 Å². The Balaban J connectivity index is 1.17. The van der Waals surface area contributed by atoms with E-state index in [1.54, 1.807) is 30.6 Å². The number of nitrogens with zero attached hydrogens (tertiary/aromatic N) is 5. The maximum absolute atomic E-state index is 13.7. The molecule has 206 valence electrons. The predicted octanol–water partition coefficient (Wildman–Crippen LogP) is 5.94. The molecule has 0 spiro atoms. The number of halogens is 2. The van der Waals surface area contributed by atoms with Crippen molar-refractivity contribution in [2.24, 2.45) is 0 Å². The fourth-order valence-corrected chi connectivity index (χ4v) is 5.55. The van der Waals surface area contributed by atoms with Gasteiger partial charge in [-0.25, -0.2) is 13.8 Å². The van der Waals surface area contributed by atoms with Gasteiger partial charge in [0.25, 0.3) is 5.92 Å². The number of alkyl halides is 2. The van der Waals surface area contributed by atoms with Gasteiger partial charge in [-0.2, -0.15) is 5.10 Å². The van der Waals surface area contributed by atoms with Gasteiger partial charge in [-0.05, 0) is 48.4 Å². The minimum atomic E-state index is -2.62. The summed E-state index contributed by atoms with van der Waals surface area (Å²) in [6.07, 6.45) is 7.95. The van der Waals surface area contributed by atoms with Crippen molar-refractivity contribution in [2.75, 3.05) is 25.5 Å². The van der Waals surface area contributed by atoms with E-state index in [-0.39, 0.29) is 13.0 Å². The van der Waals surface area contributed by atoms with Crippen LogP contribution in [-0.2, 0) is 13.0 Å². The number of benzene rings is 1. The number of H-pyrrole nitrogens is 1. The molecule has 0 unspecified atom stereocenters. The first-order valence-corrected chi connectivity index (χ1v) is 13.5. The van der Waals surface area contributed by atoms with Gasteiger partial charge in [0.2, 0.25) is 0 Å². The maximum Gasteiger partial charge on any atom is 0.261 e. The summed E-state index contributed by atoms with van der Waals surface area (Å²) in [5, 5.41) is 11.2. The largest absolute Gasteiger partial charge is 0.497 e. The third kappa shape index (κ3) is 4.91. The molecule has 4 aromatic heterocycles. The number of ether oxygens (including phenoxy) is 1. The van der Waals surface area contributed by atoms with Crippen molar-refractivity contribution in [1.29, 1.82) is 0 Å². The number of hydrogen-bond acceptors (Lipinski definition) is 7. The van der Waals surface area contributed by atoms with Crippen molar-refractivity contribution >= 4 is 22.4 Å². The smallest absolute Gasteiger partial charge is 0.261 e. The highest BCUT2D eigenvalue weighted by atomic mass is 19.3. The molecular weight excluding hydrogens is 524 g/mol. The highest BCUT2D eigenvalue weighted by Gasteiger charge is 2.38. The lowest BCUT2D eigenvalue weighted by Gasteiger charge is -2.21. The van der Waals surface area contributed by atoms with Crippen molar-refractivity contribution in [1.82, 2.24) is 30.0 Å². The first-order chi connectivity index (χ1) is 20.0. The number of likely N-dealkylation sites (tertiary alicyclic amines) is 1. The zero-order chi connectivity index (χ0) is 28.0. The Morgan fingerprint density at radius 2 is 1.98 bits per heavy atom. The predicted molar refractivity (Wildman–Crippen MR) is 153 cm³/mol. The molecule has 1 fully saturated rings. The second kappa shape index (κ2) is 10.0.